The smallest absolute Gasteiger partial charge is 0.263 e. The van der Waals surface area contributed by atoms with Crippen LogP contribution in [0.5, 0.6) is 0 Å². The number of nitrogens with one attached hydrogen (secondary N) is 1. The number of hydrogen-bond donors (Lipinski definition) is 1. The van der Waals surface area contributed by atoms with E-state index in [0.29, 0.717) is 47.3 Å². The summed E-state index contributed by atoms with van der Waals surface area (Å²) in [6.45, 7) is 1.48. The number of alkyl halides is 1. The molecule has 1 N–H and O–H groups in total. The van der Waals surface area contributed by atoms with Gasteiger partial charge in [-0.1, -0.05) is 0 Å². The average Bonchev–Trinajstić information content (AvgIpc) is 3.00. The van der Waals surface area contributed by atoms with Gasteiger partial charge in [-0.25, -0.2) is 14.4 Å². The van der Waals surface area contributed by atoms with Gasteiger partial charge in [-0.2, -0.15) is 4.39 Å². The van der Waals surface area contributed by atoms with Gasteiger partial charge in [0.05, 0.1) is 17.8 Å². The van der Waals surface area contributed by atoms with E-state index in [9.17, 15) is 13.6 Å². The van der Waals surface area contributed by atoms with Crippen molar-refractivity contribution in [3.8, 4) is 10.6 Å². The van der Waals surface area contributed by atoms with E-state index in [0.717, 1.165) is 6.42 Å². The molecule has 2 aromatic heterocycles. The molecule has 2 aromatic rings. The molecule has 0 aliphatic carbocycles. The molecule has 2 aliphatic heterocycles. The Kier molecular flexibility index (Phi) is 3.91. The second kappa shape index (κ2) is 6.08. The van der Waals surface area contributed by atoms with Crippen LogP contribution < -0.4 is 10.2 Å². The van der Waals surface area contributed by atoms with Crippen molar-refractivity contribution < 1.29 is 13.6 Å². The van der Waals surface area contributed by atoms with Crippen LogP contribution in [0, 0.1) is 5.95 Å². The zero-order valence-electron chi connectivity index (χ0n) is 12.9. The maximum atomic E-state index is 14.5. The molecule has 0 aromatic carbocycles. The highest BCUT2D eigenvalue weighted by Crippen LogP contribution is 2.32. The predicted molar refractivity (Wildman–Crippen MR) is 87.7 cm³/mol. The van der Waals surface area contributed by atoms with Gasteiger partial charge in [0.2, 0.25) is 5.95 Å². The summed E-state index contributed by atoms with van der Waals surface area (Å²) >= 11 is 1.18. The van der Waals surface area contributed by atoms with E-state index in [-0.39, 0.29) is 18.0 Å². The van der Waals surface area contributed by atoms with E-state index in [4.69, 9.17) is 0 Å². The fraction of sp³-hybridized carbons (Fsp3) is 0.438. The first-order chi connectivity index (χ1) is 11.6. The summed E-state index contributed by atoms with van der Waals surface area (Å²) in [6, 6.07) is 3.30. The van der Waals surface area contributed by atoms with Crippen LogP contribution in [-0.2, 0) is 6.42 Å². The van der Waals surface area contributed by atoms with Gasteiger partial charge in [-0.3, -0.25) is 4.79 Å². The molecule has 0 radical (unpaired) electrons. The number of halogens is 2. The fourth-order valence-electron chi connectivity index (χ4n) is 3.08. The molecule has 8 heteroatoms. The van der Waals surface area contributed by atoms with Crippen LogP contribution in [0.25, 0.3) is 10.6 Å². The lowest BCUT2D eigenvalue weighted by molar-refractivity contribution is 0.0950. The number of piperidine rings is 1. The molecule has 1 fully saturated rings. The summed E-state index contributed by atoms with van der Waals surface area (Å²) in [7, 11) is 0. The molecule has 1 atom stereocenters. The number of anilines is 1. The summed E-state index contributed by atoms with van der Waals surface area (Å²) in [5, 5.41) is 3.21. The third-order valence-corrected chi connectivity index (χ3v) is 5.43. The zero-order chi connectivity index (χ0) is 16.7. The van der Waals surface area contributed by atoms with Crippen molar-refractivity contribution in [2.24, 2.45) is 0 Å². The number of carbonyl (C=O) groups excluding carboxylic acids is 1. The summed E-state index contributed by atoms with van der Waals surface area (Å²) in [5.41, 5.74) is 0.985. The molecular formula is C16H16F2N4OS. The van der Waals surface area contributed by atoms with Gasteiger partial charge in [0, 0.05) is 19.5 Å². The molecule has 5 nitrogen and oxygen atoms in total. The van der Waals surface area contributed by atoms with Gasteiger partial charge in [0.25, 0.3) is 5.91 Å². The van der Waals surface area contributed by atoms with E-state index in [1.54, 1.807) is 17.0 Å². The Bertz CT molecular complexity index is 794. The van der Waals surface area contributed by atoms with E-state index >= 15 is 0 Å². The molecule has 0 bridgehead atoms. The molecule has 24 heavy (non-hydrogen) atoms. The van der Waals surface area contributed by atoms with Crippen LogP contribution in [0.15, 0.2) is 12.1 Å². The number of amides is 1. The quantitative estimate of drug-likeness (QED) is 0.846. The lowest BCUT2D eigenvalue weighted by atomic mass is 10.1. The van der Waals surface area contributed by atoms with Gasteiger partial charge >= 0.3 is 0 Å². The normalized spacial score (nSPS) is 20.7. The summed E-state index contributed by atoms with van der Waals surface area (Å²) in [4.78, 5) is 22.5. The molecule has 4 heterocycles. The van der Waals surface area contributed by atoms with Crippen molar-refractivity contribution in [1.29, 1.82) is 0 Å². The summed E-state index contributed by atoms with van der Waals surface area (Å²) in [5.74, 6) is -0.357. The highest BCUT2D eigenvalue weighted by Gasteiger charge is 2.25. The van der Waals surface area contributed by atoms with Gasteiger partial charge in [0.1, 0.15) is 21.9 Å². The Morgan fingerprint density at radius 2 is 2.21 bits per heavy atom. The number of nitrogens with zero attached hydrogens (tertiary/aromatic N) is 3. The van der Waals surface area contributed by atoms with Crippen molar-refractivity contribution in [2.45, 2.75) is 25.4 Å². The topological polar surface area (TPSA) is 58.1 Å². The lowest BCUT2D eigenvalue weighted by Gasteiger charge is -2.29. The van der Waals surface area contributed by atoms with Crippen LogP contribution >= 0.6 is 11.3 Å². The highest BCUT2D eigenvalue weighted by atomic mass is 32.1. The van der Waals surface area contributed by atoms with E-state index < -0.39 is 12.1 Å². The third kappa shape index (κ3) is 2.75. The minimum atomic E-state index is -0.896. The van der Waals surface area contributed by atoms with Gasteiger partial charge in [0.15, 0.2) is 0 Å². The Morgan fingerprint density at radius 3 is 2.96 bits per heavy atom. The van der Waals surface area contributed by atoms with Gasteiger partial charge in [-0.05, 0) is 25.0 Å². The van der Waals surface area contributed by atoms with E-state index in [1.807, 2.05) is 0 Å². The first-order valence-corrected chi connectivity index (χ1v) is 8.77. The van der Waals surface area contributed by atoms with Gasteiger partial charge < -0.3 is 10.2 Å². The number of pyridine rings is 1. The number of fused-ring (bicyclic) bond motifs is 1. The average molecular weight is 350 g/mol. The molecule has 0 spiro atoms. The first-order valence-electron chi connectivity index (χ1n) is 7.95. The maximum absolute atomic E-state index is 14.5. The molecule has 126 valence electrons. The molecule has 1 amide bonds. The monoisotopic (exact) mass is 350 g/mol. The summed E-state index contributed by atoms with van der Waals surface area (Å²) < 4.78 is 28.0. The molecule has 2 aliphatic rings. The van der Waals surface area contributed by atoms with Crippen LogP contribution in [-0.4, -0.2) is 41.7 Å². The third-order valence-electron chi connectivity index (χ3n) is 4.30. The zero-order valence-corrected chi connectivity index (χ0v) is 13.7. The Morgan fingerprint density at radius 1 is 1.33 bits per heavy atom. The van der Waals surface area contributed by atoms with Crippen molar-refractivity contribution in [3.63, 3.8) is 0 Å². The van der Waals surface area contributed by atoms with Crippen LogP contribution in [0.1, 0.15) is 28.2 Å². The molecule has 0 saturated carbocycles. The molecule has 1 saturated heterocycles. The largest absolute Gasteiger partial charge is 0.354 e. The van der Waals surface area contributed by atoms with Crippen molar-refractivity contribution in [3.05, 3.63) is 28.7 Å². The first kappa shape index (κ1) is 15.4. The lowest BCUT2D eigenvalue weighted by Crippen LogP contribution is -2.37. The SMILES string of the molecule is O=C1NCCc2nc(-c3ccc(N4CCC[C@H](F)C4)nc3F)sc21. The minimum Gasteiger partial charge on any atom is -0.354 e. The Balaban J connectivity index is 1.64. The van der Waals surface area contributed by atoms with Gasteiger partial charge in [-0.15, -0.1) is 11.3 Å². The maximum Gasteiger partial charge on any atom is 0.263 e. The standard InChI is InChI=1S/C16H16F2N4OS/c17-9-2-1-7-22(8-9)12-4-3-10(14(18)21-12)16-20-11-5-6-19-15(23)13(11)24-16/h3-4,9H,1-2,5-8H2,(H,19,23)/t9-/m0/s1. The van der Waals surface area contributed by atoms with Crippen molar-refractivity contribution >= 4 is 23.1 Å². The number of hydrogen-bond acceptors (Lipinski definition) is 5. The minimum absolute atomic E-state index is 0.160. The molecular weight excluding hydrogens is 334 g/mol. The highest BCUT2D eigenvalue weighted by molar-refractivity contribution is 7.17. The van der Waals surface area contributed by atoms with Crippen LogP contribution in [0.2, 0.25) is 0 Å². The predicted octanol–water partition coefficient (Wildman–Crippen LogP) is 2.57. The fourth-order valence-corrected chi connectivity index (χ4v) is 4.12. The van der Waals surface area contributed by atoms with E-state index in [2.05, 4.69) is 15.3 Å². The Labute approximate surface area is 141 Å². The summed E-state index contributed by atoms with van der Waals surface area (Å²) in [6.07, 6.45) is 1.04. The Hall–Kier alpha value is -2.09. The number of aromatic nitrogens is 2. The van der Waals surface area contributed by atoms with Crippen LogP contribution in [0.4, 0.5) is 14.6 Å². The number of rotatable bonds is 2. The second-order valence-electron chi connectivity index (χ2n) is 5.99. The van der Waals surface area contributed by atoms with Crippen LogP contribution in [0.3, 0.4) is 0 Å². The van der Waals surface area contributed by atoms with Crippen molar-refractivity contribution in [1.82, 2.24) is 15.3 Å². The molecule has 4 rings (SSSR count). The number of carbonyl (C=O) groups is 1. The van der Waals surface area contributed by atoms with Crippen molar-refractivity contribution in [2.75, 3.05) is 24.5 Å². The van der Waals surface area contributed by atoms with E-state index in [1.165, 1.54) is 11.3 Å². The molecule has 0 unspecified atom stereocenters. The number of thiazole rings is 1. The second-order valence-corrected chi connectivity index (χ2v) is 6.99.